The molecule has 0 saturated heterocycles. The Labute approximate surface area is 83.9 Å². The minimum Gasteiger partial charge on any atom is -0.481 e. The summed E-state index contributed by atoms with van der Waals surface area (Å²) in [4.78, 5) is 10.5. The lowest BCUT2D eigenvalue weighted by atomic mass is 9.96. The van der Waals surface area contributed by atoms with Crippen LogP contribution in [0.25, 0.3) is 0 Å². The van der Waals surface area contributed by atoms with Gasteiger partial charge in [-0.1, -0.05) is 36.4 Å². The molecule has 14 heavy (non-hydrogen) atoms. The molecule has 0 spiro atoms. The van der Waals surface area contributed by atoms with Crippen LogP contribution < -0.4 is 0 Å². The fraction of sp³-hybridized carbons (Fsp3) is 0.250. The van der Waals surface area contributed by atoms with Crippen LogP contribution >= 0.6 is 0 Å². The van der Waals surface area contributed by atoms with E-state index in [4.69, 9.17) is 5.11 Å². The monoisotopic (exact) mass is 190 g/mol. The average Bonchev–Trinajstić information content (AvgIpc) is 2.17. The highest BCUT2D eigenvalue weighted by Crippen LogP contribution is 2.12. The van der Waals surface area contributed by atoms with E-state index in [1.165, 1.54) is 0 Å². The Balaban J connectivity index is 2.57. The van der Waals surface area contributed by atoms with Crippen LogP contribution in [-0.4, -0.2) is 11.1 Å². The first-order valence-electron chi connectivity index (χ1n) is 4.60. The van der Waals surface area contributed by atoms with E-state index in [1.807, 2.05) is 30.3 Å². The van der Waals surface area contributed by atoms with E-state index >= 15 is 0 Å². The molecule has 1 atom stereocenters. The summed E-state index contributed by atoms with van der Waals surface area (Å²) in [7, 11) is 0. The molecule has 0 aromatic heterocycles. The zero-order chi connectivity index (χ0) is 10.4. The normalized spacial score (nSPS) is 12.0. The number of carboxylic acid groups (broad SMARTS) is 1. The molecule has 0 radical (unpaired) electrons. The Hall–Kier alpha value is -1.57. The van der Waals surface area contributed by atoms with Crippen molar-refractivity contribution in [1.82, 2.24) is 0 Å². The van der Waals surface area contributed by atoms with Crippen LogP contribution in [0.3, 0.4) is 0 Å². The van der Waals surface area contributed by atoms with E-state index in [-0.39, 0.29) is 12.3 Å². The van der Waals surface area contributed by atoms with Crippen LogP contribution in [0.5, 0.6) is 0 Å². The largest absolute Gasteiger partial charge is 0.481 e. The predicted molar refractivity (Wildman–Crippen MR) is 56.1 cm³/mol. The molecule has 0 amide bonds. The Kier molecular flexibility index (Phi) is 3.92. The minimum atomic E-state index is -0.772. The Morgan fingerprint density at radius 1 is 1.43 bits per heavy atom. The highest BCUT2D eigenvalue weighted by Gasteiger charge is 2.09. The van der Waals surface area contributed by atoms with Crippen molar-refractivity contribution in [1.29, 1.82) is 0 Å². The van der Waals surface area contributed by atoms with Crippen molar-refractivity contribution in [2.45, 2.75) is 12.8 Å². The summed E-state index contributed by atoms with van der Waals surface area (Å²) < 4.78 is 0. The van der Waals surface area contributed by atoms with E-state index in [1.54, 1.807) is 6.08 Å². The zero-order valence-electron chi connectivity index (χ0n) is 8.02. The molecule has 0 saturated carbocycles. The highest BCUT2D eigenvalue weighted by molar-refractivity contribution is 5.67. The molecule has 0 aliphatic heterocycles. The molecule has 0 aliphatic rings. The van der Waals surface area contributed by atoms with Gasteiger partial charge in [-0.3, -0.25) is 4.79 Å². The van der Waals surface area contributed by atoms with Crippen LogP contribution in [0.1, 0.15) is 12.0 Å². The third-order valence-corrected chi connectivity index (χ3v) is 2.11. The summed E-state index contributed by atoms with van der Waals surface area (Å²) in [5.41, 5.74) is 1.15. The number of benzene rings is 1. The van der Waals surface area contributed by atoms with Gasteiger partial charge >= 0.3 is 5.97 Å². The van der Waals surface area contributed by atoms with Gasteiger partial charge < -0.3 is 5.11 Å². The topological polar surface area (TPSA) is 37.3 Å². The molecule has 0 heterocycles. The Morgan fingerprint density at radius 3 is 2.57 bits per heavy atom. The van der Waals surface area contributed by atoms with Gasteiger partial charge in [0.2, 0.25) is 0 Å². The summed E-state index contributed by atoms with van der Waals surface area (Å²) in [6.07, 6.45) is 2.61. The number of hydrogen-bond acceptors (Lipinski definition) is 1. The number of rotatable bonds is 5. The second-order valence-electron chi connectivity index (χ2n) is 3.28. The van der Waals surface area contributed by atoms with E-state index in [2.05, 4.69) is 6.58 Å². The fourth-order valence-electron chi connectivity index (χ4n) is 1.38. The third kappa shape index (κ3) is 3.44. The second kappa shape index (κ2) is 5.22. The zero-order valence-corrected chi connectivity index (χ0v) is 8.02. The molecule has 74 valence electrons. The van der Waals surface area contributed by atoms with Gasteiger partial charge in [-0.25, -0.2) is 0 Å². The predicted octanol–water partition coefficient (Wildman–Crippen LogP) is 2.51. The maximum absolute atomic E-state index is 10.5. The molecule has 2 nitrogen and oxygen atoms in total. The number of carboxylic acids is 1. The van der Waals surface area contributed by atoms with Crippen LogP contribution in [0, 0.1) is 5.92 Å². The molecule has 0 fully saturated rings. The maximum atomic E-state index is 10.5. The van der Waals surface area contributed by atoms with Gasteiger partial charge in [-0.15, -0.1) is 6.58 Å². The molecule has 1 aromatic carbocycles. The van der Waals surface area contributed by atoms with Gasteiger partial charge in [0.15, 0.2) is 0 Å². The number of carbonyl (C=O) groups is 1. The first kappa shape index (κ1) is 10.5. The number of allylic oxidation sites excluding steroid dienone is 1. The molecule has 1 N–H and O–H groups in total. The van der Waals surface area contributed by atoms with Gasteiger partial charge in [-0.05, 0) is 17.9 Å². The van der Waals surface area contributed by atoms with Gasteiger partial charge in [0.05, 0.1) is 6.42 Å². The van der Waals surface area contributed by atoms with Gasteiger partial charge in [0, 0.05) is 0 Å². The number of hydrogen-bond donors (Lipinski definition) is 1. The number of aliphatic carboxylic acids is 1. The third-order valence-electron chi connectivity index (χ3n) is 2.11. The minimum absolute atomic E-state index is 0.0231. The van der Waals surface area contributed by atoms with E-state index < -0.39 is 5.97 Å². The first-order valence-corrected chi connectivity index (χ1v) is 4.60. The lowest BCUT2D eigenvalue weighted by Gasteiger charge is -2.09. The van der Waals surface area contributed by atoms with Gasteiger partial charge in [0.25, 0.3) is 0 Å². The summed E-state index contributed by atoms with van der Waals surface area (Å²) in [6, 6.07) is 9.85. The summed E-state index contributed by atoms with van der Waals surface area (Å²) >= 11 is 0. The van der Waals surface area contributed by atoms with Crippen LogP contribution in [0.2, 0.25) is 0 Å². The van der Waals surface area contributed by atoms with Crippen molar-refractivity contribution in [3.63, 3.8) is 0 Å². The van der Waals surface area contributed by atoms with Crippen molar-refractivity contribution in [3.05, 3.63) is 48.6 Å². The Morgan fingerprint density at radius 2 is 2.07 bits per heavy atom. The van der Waals surface area contributed by atoms with Crippen molar-refractivity contribution >= 4 is 5.97 Å². The van der Waals surface area contributed by atoms with Gasteiger partial charge in [0.1, 0.15) is 0 Å². The smallest absolute Gasteiger partial charge is 0.303 e. The average molecular weight is 190 g/mol. The van der Waals surface area contributed by atoms with E-state index in [0.717, 1.165) is 12.0 Å². The van der Waals surface area contributed by atoms with Gasteiger partial charge in [-0.2, -0.15) is 0 Å². The van der Waals surface area contributed by atoms with Crippen LogP contribution in [0.15, 0.2) is 43.0 Å². The molecule has 0 bridgehead atoms. The van der Waals surface area contributed by atoms with E-state index in [0.29, 0.717) is 0 Å². The lowest BCUT2D eigenvalue weighted by molar-refractivity contribution is -0.137. The molecule has 1 aromatic rings. The maximum Gasteiger partial charge on any atom is 0.303 e. The summed E-state index contributed by atoms with van der Waals surface area (Å²) in [6.45, 7) is 3.65. The molecule has 1 rings (SSSR count). The van der Waals surface area contributed by atoms with Crippen LogP contribution in [-0.2, 0) is 11.2 Å². The summed E-state index contributed by atoms with van der Waals surface area (Å²) in [5, 5.41) is 8.65. The molecular formula is C12H14O2. The SMILES string of the molecule is C=C[C@H](CC(=O)O)Cc1ccccc1. The van der Waals surface area contributed by atoms with Crippen molar-refractivity contribution in [2.75, 3.05) is 0 Å². The first-order chi connectivity index (χ1) is 6.72. The highest BCUT2D eigenvalue weighted by atomic mass is 16.4. The summed E-state index contributed by atoms with van der Waals surface area (Å²) in [5.74, 6) is -0.749. The fourth-order valence-corrected chi connectivity index (χ4v) is 1.38. The van der Waals surface area contributed by atoms with Crippen molar-refractivity contribution < 1.29 is 9.90 Å². The standard InChI is InChI=1S/C12H14O2/c1-2-10(9-12(13)14)8-11-6-4-3-5-7-11/h2-7,10H,1,8-9H2,(H,13,14)/t10-/m0/s1. The molecule has 2 heteroatoms. The van der Waals surface area contributed by atoms with Crippen molar-refractivity contribution in [3.8, 4) is 0 Å². The van der Waals surface area contributed by atoms with Crippen molar-refractivity contribution in [2.24, 2.45) is 5.92 Å². The lowest BCUT2D eigenvalue weighted by Crippen LogP contribution is -2.07. The van der Waals surface area contributed by atoms with E-state index in [9.17, 15) is 4.79 Å². The second-order valence-corrected chi connectivity index (χ2v) is 3.28. The van der Waals surface area contributed by atoms with Crippen LogP contribution in [0.4, 0.5) is 0 Å². The Bertz CT molecular complexity index is 303. The molecule has 0 aliphatic carbocycles. The quantitative estimate of drug-likeness (QED) is 0.724. The molecular weight excluding hydrogens is 176 g/mol. The molecule has 0 unspecified atom stereocenters.